The SMILES string of the molecule is O=C(O[C@@H](C(=O)c1ccccc1)c1ccc(Cl)cc1)c1ccccc1Sc1c(Cl)cccc1[N+](=O)[O-]. The van der Waals surface area contributed by atoms with Gasteiger partial charge in [0.25, 0.3) is 5.69 Å². The van der Waals surface area contributed by atoms with E-state index in [2.05, 4.69) is 0 Å². The van der Waals surface area contributed by atoms with Crippen LogP contribution in [0.2, 0.25) is 10.0 Å². The summed E-state index contributed by atoms with van der Waals surface area (Å²) in [5.41, 5.74) is 0.776. The van der Waals surface area contributed by atoms with E-state index < -0.39 is 22.8 Å². The van der Waals surface area contributed by atoms with Gasteiger partial charge in [0.15, 0.2) is 6.10 Å². The van der Waals surface area contributed by atoms with E-state index in [1.54, 1.807) is 72.8 Å². The van der Waals surface area contributed by atoms with E-state index in [4.69, 9.17) is 27.9 Å². The fraction of sp³-hybridized carbons (Fsp3) is 0.0370. The molecule has 0 bridgehead atoms. The summed E-state index contributed by atoms with van der Waals surface area (Å²) in [4.78, 5) is 38.3. The molecule has 0 unspecified atom stereocenters. The summed E-state index contributed by atoms with van der Waals surface area (Å²) in [5.74, 6) is -1.17. The maximum atomic E-state index is 13.4. The molecule has 0 amide bonds. The van der Waals surface area contributed by atoms with E-state index in [1.807, 2.05) is 0 Å². The number of hydrogen-bond donors (Lipinski definition) is 0. The predicted molar refractivity (Wildman–Crippen MR) is 139 cm³/mol. The Bertz CT molecular complexity index is 1430. The number of ketones is 1. The van der Waals surface area contributed by atoms with Gasteiger partial charge in [-0.25, -0.2) is 4.79 Å². The van der Waals surface area contributed by atoms with Crippen molar-refractivity contribution in [1.29, 1.82) is 0 Å². The van der Waals surface area contributed by atoms with Crippen LogP contribution < -0.4 is 0 Å². The molecule has 0 fully saturated rings. The lowest BCUT2D eigenvalue weighted by Gasteiger charge is -2.19. The van der Waals surface area contributed by atoms with Crippen molar-refractivity contribution in [2.45, 2.75) is 15.9 Å². The normalized spacial score (nSPS) is 11.5. The largest absolute Gasteiger partial charge is 0.445 e. The van der Waals surface area contributed by atoms with Gasteiger partial charge < -0.3 is 4.74 Å². The Morgan fingerprint density at radius 3 is 2.19 bits per heavy atom. The van der Waals surface area contributed by atoms with Crippen LogP contribution >= 0.6 is 35.0 Å². The lowest BCUT2D eigenvalue weighted by Crippen LogP contribution is -2.20. The maximum absolute atomic E-state index is 13.4. The first kappa shape index (κ1) is 25.4. The van der Waals surface area contributed by atoms with Gasteiger partial charge in [0.1, 0.15) is 4.90 Å². The van der Waals surface area contributed by atoms with Crippen molar-refractivity contribution in [3.8, 4) is 0 Å². The molecule has 1 atom stereocenters. The van der Waals surface area contributed by atoms with Gasteiger partial charge in [-0.05, 0) is 30.3 Å². The quantitative estimate of drug-likeness (QED) is 0.0984. The van der Waals surface area contributed by atoms with Gasteiger partial charge in [-0.3, -0.25) is 14.9 Å². The molecule has 0 spiro atoms. The minimum absolute atomic E-state index is 0.136. The summed E-state index contributed by atoms with van der Waals surface area (Å²) in [6.07, 6.45) is -1.23. The Hall–Kier alpha value is -3.65. The van der Waals surface area contributed by atoms with E-state index in [1.165, 1.54) is 24.3 Å². The summed E-state index contributed by atoms with van der Waals surface area (Å²) in [7, 11) is 0. The highest BCUT2D eigenvalue weighted by Crippen LogP contribution is 2.41. The molecule has 0 saturated heterocycles. The van der Waals surface area contributed by atoms with Crippen molar-refractivity contribution in [3.05, 3.63) is 134 Å². The summed E-state index contributed by atoms with van der Waals surface area (Å²) in [6, 6.07) is 25.8. The van der Waals surface area contributed by atoms with Crippen LogP contribution in [-0.2, 0) is 4.74 Å². The molecule has 0 aromatic heterocycles. The summed E-state index contributed by atoms with van der Waals surface area (Å²) >= 11 is 13.2. The van der Waals surface area contributed by atoms with Crippen molar-refractivity contribution < 1.29 is 19.2 Å². The molecule has 0 radical (unpaired) electrons. The minimum Gasteiger partial charge on any atom is -0.445 e. The Balaban J connectivity index is 1.69. The van der Waals surface area contributed by atoms with Gasteiger partial charge in [0.05, 0.1) is 15.5 Å². The Labute approximate surface area is 221 Å². The molecule has 180 valence electrons. The van der Waals surface area contributed by atoms with Gasteiger partial charge in [-0.15, -0.1) is 0 Å². The number of esters is 1. The Kier molecular flexibility index (Phi) is 8.05. The molecular weight excluding hydrogens is 521 g/mol. The summed E-state index contributed by atoms with van der Waals surface area (Å²) in [6.45, 7) is 0. The molecule has 4 rings (SSSR count). The highest BCUT2D eigenvalue weighted by atomic mass is 35.5. The summed E-state index contributed by atoms with van der Waals surface area (Å²) < 4.78 is 5.75. The van der Waals surface area contributed by atoms with Crippen LogP contribution in [0.1, 0.15) is 32.4 Å². The number of ether oxygens (including phenoxy) is 1. The highest BCUT2D eigenvalue weighted by Gasteiger charge is 2.28. The van der Waals surface area contributed by atoms with Crippen LogP contribution in [0.3, 0.4) is 0 Å². The smallest absolute Gasteiger partial charge is 0.340 e. The van der Waals surface area contributed by atoms with Crippen LogP contribution in [0.25, 0.3) is 0 Å². The van der Waals surface area contributed by atoms with Crippen molar-refractivity contribution in [1.82, 2.24) is 0 Å². The van der Waals surface area contributed by atoms with Crippen molar-refractivity contribution >= 4 is 52.4 Å². The fourth-order valence-electron chi connectivity index (χ4n) is 3.41. The average molecular weight is 538 g/mol. The van der Waals surface area contributed by atoms with Crippen LogP contribution in [0, 0.1) is 10.1 Å². The molecule has 9 heteroatoms. The third-order valence-electron chi connectivity index (χ3n) is 5.16. The van der Waals surface area contributed by atoms with Gasteiger partial charge in [0.2, 0.25) is 5.78 Å². The molecular formula is C27H17Cl2NO5S. The topological polar surface area (TPSA) is 86.5 Å². The molecule has 0 saturated carbocycles. The van der Waals surface area contributed by atoms with Gasteiger partial charge in [0, 0.05) is 27.1 Å². The molecule has 4 aromatic carbocycles. The first-order valence-electron chi connectivity index (χ1n) is 10.6. The first-order valence-corrected chi connectivity index (χ1v) is 12.2. The monoisotopic (exact) mass is 537 g/mol. The number of hydrogen-bond acceptors (Lipinski definition) is 6. The molecule has 0 aliphatic heterocycles. The van der Waals surface area contributed by atoms with E-state index in [0.29, 0.717) is 21.0 Å². The Morgan fingerprint density at radius 2 is 1.50 bits per heavy atom. The second-order valence-corrected chi connectivity index (χ2v) is 9.41. The number of halogens is 2. The lowest BCUT2D eigenvalue weighted by molar-refractivity contribution is -0.387. The third-order valence-corrected chi connectivity index (χ3v) is 7.04. The zero-order valence-corrected chi connectivity index (χ0v) is 20.8. The number of carbonyl (C=O) groups is 2. The summed E-state index contributed by atoms with van der Waals surface area (Å²) in [5, 5.41) is 12.2. The van der Waals surface area contributed by atoms with Crippen molar-refractivity contribution in [2.24, 2.45) is 0 Å². The van der Waals surface area contributed by atoms with Crippen LogP contribution in [0.15, 0.2) is 107 Å². The zero-order chi connectivity index (χ0) is 25.7. The molecule has 6 nitrogen and oxygen atoms in total. The maximum Gasteiger partial charge on any atom is 0.340 e. The van der Waals surface area contributed by atoms with Gasteiger partial charge in [-0.1, -0.05) is 95.6 Å². The molecule has 0 aliphatic carbocycles. The van der Waals surface area contributed by atoms with E-state index in [9.17, 15) is 19.7 Å². The van der Waals surface area contributed by atoms with Crippen molar-refractivity contribution in [2.75, 3.05) is 0 Å². The number of Topliss-reactive ketones (excluding diaryl/α,β-unsaturated/α-hetero) is 1. The van der Waals surface area contributed by atoms with Crippen LogP contribution in [-0.4, -0.2) is 16.7 Å². The predicted octanol–water partition coefficient (Wildman–Crippen LogP) is 7.83. The first-order chi connectivity index (χ1) is 17.3. The van der Waals surface area contributed by atoms with Crippen LogP contribution in [0.4, 0.5) is 5.69 Å². The number of carbonyl (C=O) groups excluding carboxylic acids is 2. The van der Waals surface area contributed by atoms with Gasteiger partial charge in [-0.2, -0.15) is 0 Å². The second kappa shape index (κ2) is 11.4. The minimum atomic E-state index is -1.23. The third kappa shape index (κ3) is 5.76. The van der Waals surface area contributed by atoms with Crippen molar-refractivity contribution in [3.63, 3.8) is 0 Å². The second-order valence-electron chi connectivity index (χ2n) is 7.51. The number of nitro groups is 1. The number of benzene rings is 4. The number of nitro benzene ring substituents is 1. The number of rotatable bonds is 8. The van der Waals surface area contributed by atoms with Gasteiger partial charge >= 0.3 is 5.97 Å². The molecule has 0 aliphatic rings. The lowest BCUT2D eigenvalue weighted by atomic mass is 9.99. The Morgan fingerprint density at radius 1 is 0.833 bits per heavy atom. The zero-order valence-electron chi connectivity index (χ0n) is 18.5. The molecule has 0 N–H and O–H groups in total. The number of nitrogens with zero attached hydrogens (tertiary/aromatic N) is 1. The standard InChI is InChI=1S/C27H17Cl2NO5S/c28-19-15-13-18(14-16-19)25(24(31)17-7-2-1-3-8-17)35-27(32)20-9-4-5-12-23(20)36-26-21(29)10-6-11-22(26)30(33)34/h1-16,25H/t25-/m1/s1. The molecule has 0 heterocycles. The molecule has 36 heavy (non-hydrogen) atoms. The average Bonchev–Trinajstić information content (AvgIpc) is 2.89. The highest BCUT2D eigenvalue weighted by molar-refractivity contribution is 7.99. The van der Waals surface area contributed by atoms with E-state index in [-0.39, 0.29) is 21.2 Å². The molecule has 4 aromatic rings. The van der Waals surface area contributed by atoms with E-state index >= 15 is 0 Å². The van der Waals surface area contributed by atoms with E-state index in [0.717, 1.165) is 11.8 Å². The fourth-order valence-corrected chi connectivity index (χ4v) is 4.86. The van der Waals surface area contributed by atoms with Crippen LogP contribution in [0.5, 0.6) is 0 Å².